The van der Waals surface area contributed by atoms with Crippen molar-refractivity contribution in [1.82, 2.24) is 5.32 Å². The number of carbonyl (C=O) groups is 1. The standard InChI is InChI=1S/C17H17NO/c1-14(19)18-13-12-17(15-8-4-2-5-9-15)16-10-6-3-7-11-16/h2-12H,13H2,1H3,(H,18,19). The van der Waals surface area contributed by atoms with Gasteiger partial charge in [-0.25, -0.2) is 0 Å². The van der Waals surface area contributed by atoms with Crippen LogP contribution in [0.4, 0.5) is 0 Å². The van der Waals surface area contributed by atoms with Crippen LogP contribution < -0.4 is 5.32 Å². The minimum Gasteiger partial charge on any atom is -0.353 e. The molecule has 0 saturated carbocycles. The quantitative estimate of drug-likeness (QED) is 0.888. The molecule has 0 saturated heterocycles. The predicted octanol–water partition coefficient (Wildman–Crippen LogP) is 3.25. The second-order valence-corrected chi connectivity index (χ2v) is 4.29. The Morgan fingerprint density at radius 2 is 1.42 bits per heavy atom. The minimum atomic E-state index is -0.0169. The Hall–Kier alpha value is -2.35. The molecule has 0 bridgehead atoms. The van der Waals surface area contributed by atoms with E-state index in [4.69, 9.17) is 0 Å². The van der Waals surface area contributed by atoms with Crippen LogP contribution in [0.2, 0.25) is 0 Å². The minimum absolute atomic E-state index is 0.0169. The van der Waals surface area contributed by atoms with E-state index < -0.39 is 0 Å². The van der Waals surface area contributed by atoms with Crippen molar-refractivity contribution in [2.24, 2.45) is 0 Å². The van der Waals surface area contributed by atoms with Crippen LogP contribution in [0, 0.1) is 0 Å². The summed E-state index contributed by atoms with van der Waals surface area (Å²) >= 11 is 0. The van der Waals surface area contributed by atoms with Crippen LogP contribution in [0.3, 0.4) is 0 Å². The molecule has 2 aromatic rings. The van der Waals surface area contributed by atoms with Gasteiger partial charge in [0.15, 0.2) is 0 Å². The van der Waals surface area contributed by atoms with E-state index in [0.29, 0.717) is 6.54 Å². The number of carbonyl (C=O) groups excluding carboxylic acids is 1. The number of amides is 1. The lowest BCUT2D eigenvalue weighted by molar-refractivity contribution is -0.118. The summed E-state index contributed by atoms with van der Waals surface area (Å²) in [4.78, 5) is 11.0. The van der Waals surface area contributed by atoms with Gasteiger partial charge in [-0.2, -0.15) is 0 Å². The summed E-state index contributed by atoms with van der Waals surface area (Å²) < 4.78 is 0. The maximum atomic E-state index is 11.0. The molecule has 2 aromatic carbocycles. The van der Waals surface area contributed by atoms with Gasteiger partial charge in [0, 0.05) is 13.5 Å². The summed E-state index contributed by atoms with van der Waals surface area (Å²) in [5.74, 6) is -0.0169. The van der Waals surface area contributed by atoms with E-state index in [1.165, 1.54) is 6.92 Å². The van der Waals surface area contributed by atoms with Crippen LogP contribution in [0.5, 0.6) is 0 Å². The van der Waals surface area contributed by atoms with Crippen molar-refractivity contribution in [2.75, 3.05) is 6.54 Å². The van der Waals surface area contributed by atoms with Crippen molar-refractivity contribution in [3.8, 4) is 0 Å². The smallest absolute Gasteiger partial charge is 0.217 e. The molecule has 0 aromatic heterocycles. The molecule has 2 nitrogen and oxygen atoms in total. The SMILES string of the molecule is CC(=O)NCC=C(c1ccccc1)c1ccccc1. The van der Waals surface area contributed by atoms with E-state index in [9.17, 15) is 4.79 Å². The molecule has 0 atom stereocenters. The van der Waals surface area contributed by atoms with Gasteiger partial charge in [0.05, 0.1) is 0 Å². The van der Waals surface area contributed by atoms with E-state index >= 15 is 0 Å². The summed E-state index contributed by atoms with van der Waals surface area (Å²) in [6.45, 7) is 2.06. The van der Waals surface area contributed by atoms with E-state index in [-0.39, 0.29) is 5.91 Å². The normalized spacial score (nSPS) is 9.74. The average Bonchev–Trinajstić information content (AvgIpc) is 2.45. The summed E-state index contributed by atoms with van der Waals surface area (Å²) in [6.07, 6.45) is 2.05. The molecule has 96 valence electrons. The predicted molar refractivity (Wildman–Crippen MR) is 78.6 cm³/mol. The topological polar surface area (TPSA) is 29.1 Å². The molecule has 1 amide bonds. The lowest BCUT2D eigenvalue weighted by atomic mass is 9.98. The molecular formula is C17H17NO. The Kier molecular flexibility index (Phi) is 4.51. The maximum absolute atomic E-state index is 11.0. The van der Waals surface area contributed by atoms with Gasteiger partial charge >= 0.3 is 0 Å². The molecule has 1 N–H and O–H groups in total. The first-order valence-electron chi connectivity index (χ1n) is 6.33. The second-order valence-electron chi connectivity index (χ2n) is 4.29. The van der Waals surface area contributed by atoms with E-state index in [2.05, 4.69) is 29.6 Å². The van der Waals surface area contributed by atoms with Crippen molar-refractivity contribution >= 4 is 11.5 Å². The zero-order chi connectivity index (χ0) is 13.5. The average molecular weight is 251 g/mol. The Morgan fingerprint density at radius 1 is 0.947 bits per heavy atom. The maximum Gasteiger partial charge on any atom is 0.217 e. The molecule has 0 fully saturated rings. The Bertz CT molecular complexity index is 517. The molecular weight excluding hydrogens is 234 g/mol. The summed E-state index contributed by atoms with van der Waals surface area (Å²) in [5, 5.41) is 2.80. The number of nitrogens with one attached hydrogen (secondary N) is 1. The zero-order valence-corrected chi connectivity index (χ0v) is 11.0. The Labute approximate surface area is 113 Å². The first-order valence-corrected chi connectivity index (χ1v) is 6.33. The second kappa shape index (κ2) is 6.55. The molecule has 0 unspecified atom stereocenters. The van der Waals surface area contributed by atoms with Gasteiger partial charge in [0.25, 0.3) is 0 Å². The number of benzene rings is 2. The molecule has 0 aliphatic rings. The van der Waals surface area contributed by atoms with Crippen molar-refractivity contribution < 1.29 is 4.79 Å². The molecule has 0 aliphatic heterocycles. The van der Waals surface area contributed by atoms with Crippen LogP contribution in [-0.2, 0) is 4.79 Å². The highest BCUT2D eigenvalue weighted by atomic mass is 16.1. The van der Waals surface area contributed by atoms with Crippen LogP contribution in [-0.4, -0.2) is 12.5 Å². The Balaban J connectivity index is 2.31. The lowest BCUT2D eigenvalue weighted by Gasteiger charge is -2.09. The van der Waals surface area contributed by atoms with Crippen LogP contribution in [0.25, 0.3) is 5.57 Å². The monoisotopic (exact) mass is 251 g/mol. The van der Waals surface area contributed by atoms with Crippen LogP contribution >= 0.6 is 0 Å². The van der Waals surface area contributed by atoms with E-state index in [1.54, 1.807) is 0 Å². The highest BCUT2D eigenvalue weighted by Gasteiger charge is 2.03. The highest BCUT2D eigenvalue weighted by Crippen LogP contribution is 2.22. The summed E-state index contributed by atoms with van der Waals surface area (Å²) in [7, 11) is 0. The number of hydrogen-bond donors (Lipinski definition) is 1. The van der Waals surface area contributed by atoms with E-state index in [1.807, 2.05) is 42.5 Å². The highest BCUT2D eigenvalue weighted by molar-refractivity contribution is 5.80. The van der Waals surface area contributed by atoms with Crippen LogP contribution in [0.1, 0.15) is 18.1 Å². The molecule has 0 radical (unpaired) electrons. The van der Waals surface area contributed by atoms with E-state index in [0.717, 1.165) is 16.7 Å². The zero-order valence-electron chi connectivity index (χ0n) is 11.0. The third kappa shape index (κ3) is 3.81. The summed E-state index contributed by atoms with van der Waals surface area (Å²) in [6, 6.07) is 20.4. The molecule has 2 heteroatoms. The molecule has 0 spiro atoms. The first-order chi connectivity index (χ1) is 9.27. The molecule has 19 heavy (non-hydrogen) atoms. The fraction of sp³-hybridized carbons (Fsp3) is 0.118. The first kappa shape index (κ1) is 13.1. The molecule has 0 heterocycles. The van der Waals surface area contributed by atoms with Crippen molar-refractivity contribution in [3.05, 3.63) is 77.9 Å². The van der Waals surface area contributed by atoms with Gasteiger partial charge in [-0.1, -0.05) is 66.7 Å². The largest absolute Gasteiger partial charge is 0.353 e. The third-order valence-electron chi connectivity index (χ3n) is 2.83. The van der Waals surface area contributed by atoms with Gasteiger partial charge in [0.1, 0.15) is 0 Å². The lowest BCUT2D eigenvalue weighted by Crippen LogP contribution is -2.19. The molecule has 2 rings (SSSR count). The third-order valence-corrected chi connectivity index (χ3v) is 2.83. The summed E-state index contributed by atoms with van der Waals surface area (Å²) in [5.41, 5.74) is 3.44. The number of rotatable bonds is 4. The number of hydrogen-bond acceptors (Lipinski definition) is 1. The molecule has 0 aliphatic carbocycles. The van der Waals surface area contributed by atoms with Crippen molar-refractivity contribution in [1.29, 1.82) is 0 Å². The van der Waals surface area contributed by atoms with Crippen LogP contribution in [0.15, 0.2) is 66.7 Å². The van der Waals surface area contributed by atoms with Crippen molar-refractivity contribution in [2.45, 2.75) is 6.92 Å². The fourth-order valence-corrected chi connectivity index (χ4v) is 1.93. The fourth-order valence-electron chi connectivity index (χ4n) is 1.93. The van der Waals surface area contributed by atoms with Gasteiger partial charge in [0.2, 0.25) is 5.91 Å². The van der Waals surface area contributed by atoms with Gasteiger partial charge in [-0.15, -0.1) is 0 Å². The van der Waals surface area contributed by atoms with Gasteiger partial charge in [-0.05, 0) is 16.7 Å². The van der Waals surface area contributed by atoms with Crippen molar-refractivity contribution in [3.63, 3.8) is 0 Å². The Morgan fingerprint density at radius 3 is 1.84 bits per heavy atom. The van der Waals surface area contributed by atoms with Gasteiger partial charge in [-0.3, -0.25) is 4.79 Å². The van der Waals surface area contributed by atoms with Gasteiger partial charge < -0.3 is 5.32 Å².